The number of rotatable bonds is 8. The van der Waals surface area contributed by atoms with E-state index >= 15 is 0 Å². The first-order chi connectivity index (χ1) is 15.0. The van der Waals surface area contributed by atoms with Crippen molar-refractivity contribution in [2.45, 2.75) is 19.8 Å². The zero-order chi connectivity index (χ0) is 22.4. The van der Waals surface area contributed by atoms with Crippen LogP contribution in [0.4, 0.5) is 5.00 Å². The van der Waals surface area contributed by atoms with Crippen LogP contribution in [0.2, 0.25) is 0 Å². The molecule has 2 aromatic carbocycles. The van der Waals surface area contributed by atoms with Gasteiger partial charge in [0.1, 0.15) is 16.5 Å². The normalized spacial score (nSPS) is 11.5. The zero-order valence-corrected chi connectivity index (χ0v) is 18.7. The number of carbonyl (C=O) groups excluding carboxylic acids is 2. The number of nitrogens with one attached hydrogen (secondary N) is 1. The summed E-state index contributed by atoms with van der Waals surface area (Å²) in [6.07, 6.45) is 0. The van der Waals surface area contributed by atoms with Crippen molar-refractivity contribution in [3.05, 3.63) is 76.2 Å². The predicted octanol–water partition coefficient (Wildman–Crippen LogP) is 5.35. The van der Waals surface area contributed by atoms with Crippen molar-refractivity contribution in [1.82, 2.24) is 0 Å². The molecule has 0 radical (unpaired) electrons. The highest BCUT2D eigenvalue weighted by molar-refractivity contribution is 7.16. The maximum atomic E-state index is 13.0. The Morgan fingerprint density at radius 2 is 1.65 bits per heavy atom. The Morgan fingerprint density at radius 3 is 2.23 bits per heavy atom. The van der Waals surface area contributed by atoms with Crippen LogP contribution in [-0.2, 0) is 4.74 Å². The van der Waals surface area contributed by atoms with Crippen LogP contribution in [0.1, 0.15) is 50.9 Å². The van der Waals surface area contributed by atoms with E-state index in [4.69, 9.17) is 14.2 Å². The maximum absolute atomic E-state index is 13.0. The quantitative estimate of drug-likeness (QED) is 0.479. The van der Waals surface area contributed by atoms with Crippen LogP contribution >= 0.6 is 11.3 Å². The average molecular weight is 440 g/mol. The van der Waals surface area contributed by atoms with Gasteiger partial charge in [-0.3, -0.25) is 4.79 Å². The van der Waals surface area contributed by atoms with E-state index in [1.54, 1.807) is 31.2 Å². The Morgan fingerprint density at radius 1 is 1.00 bits per heavy atom. The molecule has 0 saturated carbocycles. The van der Waals surface area contributed by atoms with Gasteiger partial charge >= 0.3 is 5.97 Å². The summed E-state index contributed by atoms with van der Waals surface area (Å²) in [5, 5.41) is 3.31. The fraction of sp³-hybridized carbons (Fsp3) is 0.250. The number of hydrogen-bond donors (Lipinski definition) is 1. The van der Waals surface area contributed by atoms with Crippen molar-refractivity contribution >= 4 is 28.2 Å². The highest BCUT2D eigenvalue weighted by Crippen LogP contribution is 2.37. The Balaban J connectivity index is 1.94. The van der Waals surface area contributed by atoms with Crippen molar-refractivity contribution in [3.63, 3.8) is 0 Å². The molecule has 0 unspecified atom stereocenters. The lowest BCUT2D eigenvalue weighted by molar-refractivity contribution is 0.0528. The minimum Gasteiger partial charge on any atom is -0.497 e. The first kappa shape index (κ1) is 22.4. The Bertz CT molecular complexity index is 1040. The molecule has 0 bridgehead atoms. The molecular weight excluding hydrogens is 414 g/mol. The molecule has 1 N–H and O–H groups in total. The highest BCUT2D eigenvalue weighted by atomic mass is 32.1. The third-order valence-electron chi connectivity index (χ3n) is 4.81. The van der Waals surface area contributed by atoms with E-state index in [0.29, 0.717) is 27.6 Å². The minimum absolute atomic E-state index is 0.0574. The number of ether oxygens (including phenoxy) is 3. The van der Waals surface area contributed by atoms with E-state index in [9.17, 15) is 9.59 Å². The molecule has 0 aliphatic heterocycles. The fourth-order valence-corrected chi connectivity index (χ4v) is 4.22. The smallest absolute Gasteiger partial charge is 0.341 e. The third kappa shape index (κ3) is 5.24. The molecule has 0 aliphatic carbocycles. The van der Waals surface area contributed by atoms with E-state index in [-0.39, 0.29) is 18.4 Å². The number of benzene rings is 2. The van der Waals surface area contributed by atoms with Crippen LogP contribution in [0.3, 0.4) is 0 Å². The van der Waals surface area contributed by atoms with E-state index < -0.39 is 5.97 Å². The third-order valence-corrected chi connectivity index (χ3v) is 6.05. The molecule has 1 heterocycles. The summed E-state index contributed by atoms with van der Waals surface area (Å²) < 4.78 is 15.7. The van der Waals surface area contributed by atoms with Gasteiger partial charge in [0, 0.05) is 22.4 Å². The topological polar surface area (TPSA) is 73.9 Å². The number of thiophene rings is 1. The summed E-state index contributed by atoms with van der Waals surface area (Å²) in [6, 6.07) is 16.7. The van der Waals surface area contributed by atoms with E-state index in [1.807, 2.05) is 30.3 Å². The molecule has 1 amide bonds. The van der Waals surface area contributed by atoms with Crippen molar-refractivity contribution < 1.29 is 23.8 Å². The average Bonchev–Trinajstić information content (AvgIpc) is 3.22. The summed E-state index contributed by atoms with van der Waals surface area (Å²) >= 11 is 1.36. The largest absolute Gasteiger partial charge is 0.497 e. The van der Waals surface area contributed by atoms with E-state index in [0.717, 1.165) is 10.4 Å². The van der Waals surface area contributed by atoms with Gasteiger partial charge < -0.3 is 19.5 Å². The van der Waals surface area contributed by atoms with Crippen LogP contribution in [0.15, 0.2) is 54.6 Å². The summed E-state index contributed by atoms with van der Waals surface area (Å²) in [6.45, 7) is 4.06. The van der Waals surface area contributed by atoms with Crippen molar-refractivity contribution in [1.29, 1.82) is 0 Å². The standard InChI is InChI=1S/C24H25NO5S/c1-5-30-24(27)20-14-21(15(2)16-9-7-6-8-10-16)31-23(20)25-22(26)17-11-18(28-3)13-19(12-17)29-4/h6-15H,5H2,1-4H3,(H,25,26)/t15-/m0/s1. The van der Waals surface area contributed by atoms with Crippen LogP contribution in [0, 0.1) is 0 Å². The second-order valence-corrected chi connectivity index (χ2v) is 7.88. The van der Waals surface area contributed by atoms with Crippen molar-refractivity contribution in [2.75, 3.05) is 26.1 Å². The Labute approximate surface area is 185 Å². The first-order valence-electron chi connectivity index (χ1n) is 9.87. The predicted molar refractivity (Wildman–Crippen MR) is 122 cm³/mol. The summed E-state index contributed by atoms with van der Waals surface area (Å²) in [7, 11) is 3.04. The molecule has 0 fully saturated rings. The van der Waals surface area contributed by atoms with Gasteiger partial charge in [0.15, 0.2) is 0 Å². The molecular formula is C24H25NO5S. The lowest BCUT2D eigenvalue weighted by atomic mass is 9.99. The molecule has 3 aromatic rings. The maximum Gasteiger partial charge on any atom is 0.341 e. The number of carbonyl (C=O) groups is 2. The highest BCUT2D eigenvalue weighted by Gasteiger charge is 2.23. The summed E-state index contributed by atoms with van der Waals surface area (Å²) in [5.74, 6) is 0.216. The minimum atomic E-state index is -0.469. The SMILES string of the molecule is CCOC(=O)c1cc([C@@H](C)c2ccccc2)sc1NC(=O)c1cc(OC)cc(OC)c1. The Kier molecular flexibility index (Phi) is 7.31. The number of hydrogen-bond acceptors (Lipinski definition) is 6. The Hall–Kier alpha value is -3.32. The van der Waals surface area contributed by atoms with Gasteiger partial charge in [-0.05, 0) is 30.7 Å². The van der Waals surface area contributed by atoms with Gasteiger partial charge in [0.2, 0.25) is 0 Å². The molecule has 7 heteroatoms. The lowest BCUT2D eigenvalue weighted by Gasteiger charge is -2.10. The molecule has 6 nitrogen and oxygen atoms in total. The number of esters is 1. The molecule has 1 aromatic heterocycles. The fourth-order valence-electron chi connectivity index (χ4n) is 3.10. The van der Waals surface area contributed by atoms with Crippen LogP contribution in [0.25, 0.3) is 0 Å². The molecule has 0 aliphatic rings. The second kappa shape index (κ2) is 10.1. The monoisotopic (exact) mass is 439 g/mol. The molecule has 0 saturated heterocycles. The molecule has 1 atom stereocenters. The number of amides is 1. The van der Waals surface area contributed by atoms with E-state index in [1.165, 1.54) is 25.6 Å². The first-order valence-corrected chi connectivity index (χ1v) is 10.7. The van der Waals surface area contributed by atoms with Gasteiger partial charge in [0.25, 0.3) is 5.91 Å². The lowest BCUT2D eigenvalue weighted by Crippen LogP contribution is -2.14. The number of methoxy groups -OCH3 is 2. The van der Waals surface area contributed by atoms with Crippen molar-refractivity contribution in [3.8, 4) is 11.5 Å². The van der Waals surface area contributed by atoms with Crippen LogP contribution < -0.4 is 14.8 Å². The molecule has 3 rings (SSSR count). The van der Waals surface area contributed by atoms with Crippen molar-refractivity contribution in [2.24, 2.45) is 0 Å². The summed E-state index contributed by atoms with van der Waals surface area (Å²) in [5.41, 5.74) is 1.82. The van der Waals surface area contributed by atoms with Crippen LogP contribution in [-0.4, -0.2) is 32.7 Å². The summed E-state index contributed by atoms with van der Waals surface area (Å²) in [4.78, 5) is 26.5. The molecule has 0 spiro atoms. The van der Waals surface area contributed by atoms with Gasteiger partial charge in [-0.2, -0.15) is 0 Å². The van der Waals surface area contributed by atoms with E-state index in [2.05, 4.69) is 12.2 Å². The van der Waals surface area contributed by atoms with Gasteiger partial charge in [0.05, 0.1) is 26.4 Å². The van der Waals surface area contributed by atoms with Gasteiger partial charge in [-0.25, -0.2) is 4.79 Å². The second-order valence-electron chi connectivity index (χ2n) is 6.80. The van der Waals surface area contributed by atoms with Gasteiger partial charge in [-0.1, -0.05) is 37.3 Å². The zero-order valence-electron chi connectivity index (χ0n) is 17.9. The van der Waals surface area contributed by atoms with Crippen LogP contribution in [0.5, 0.6) is 11.5 Å². The molecule has 31 heavy (non-hydrogen) atoms. The van der Waals surface area contributed by atoms with Gasteiger partial charge in [-0.15, -0.1) is 11.3 Å². The molecule has 162 valence electrons. The number of anilines is 1.